The summed E-state index contributed by atoms with van der Waals surface area (Å²) in [6.45, 7) is 0.865. The lowest BCUT2D eigenvalue weighted by Gasteiger charge is -2.27. The minimum atomic E-state index is -0.741. The number of methoxy groups -OCH3 is 1. The molecule has 28 heavy (non-hydrogen) atoms. The van der Waals surface area contributed by atoms with Gasteiger partial charge in [-0.05, 0) is 12.8 Å². The number of thioether (sulfide) groups is 1. The lowest BCUT2D eigenvalue weighted by molar-refractivity contribution is -0.407. The molecule has 9 nitrogen and oxygen atoms in total. The molecule has 4 amide bonds. The van der Waals surface area contributed by atoms with Crippen molar-refractivity contribution in [2.45, 2.75) is 25.7 Å². The number of carbonyl (C=O) groups excluding carboxylic acids is 3. The lowest BCUT2D eigenvalue weighted by atomic mass is 10.0. The highest BCUT2D eigenvalue weighted by molar-refractivity contribution is 8.14. The Hall–Kier alpha value is -2.07. The maximum Gasteiger partial charge on any atom is 0.445 e. The van der Waals surface area contributed by atoms with Gasteiger partial charge in [0.2, 0.25) is 11.7 Å². The zero-order valence-corrected chi connectivity index (χ0v) is 17.3. The Kier molecular flexibility index (Phi) is 6.61. The van der Waals surface area contributed by atoms with Gasteiger partial charge in [0.25, 0.3) is 5.84 Å². The average Bonchev–Trinajstić information content (AvgIpc) is 3.23. The largest absolute Gasteiger partial charge is 0.445 e. The summed E-state index contributed by atoms with van der Waals surface area (Å²) in [4.78, 5) is 47.6. The van der Waals surface area contributed by atoms with Gasteiger partial charge in [-0.25, -0.2) is 9.79 Å². The van der Waals surface area contributed by atoms with Gasteiger partial charge in [0.15, 0.2) is 5.92 Å². The summed E-state index contributed by atoms with van der Waals surface area (Å²) < 4.78 is 6.34. The molecule has 1 N–H and O–H groups in total. The van der Waals surface area contributed by atoms with Gasteiger partial charge in [-0.3, -0.25) is 9.59 Å². The van der Waals surface area contributed by atoms with Crippen LogP contribution in [0.2, 0.25) is 0 Å². The van der Waals surface area contributed by atoms with E-state index in [1.807, 2.05) is 0 Å². The summed E-state index contributed by atoms with van der Waals surface area (Å²) >= 11 is 1.23. The van der Waals surface area contributed by atoms with Gasteiger partial charge in [0.1, 0.15) is 5.04 Å². The number of amides is 4. The zero-order valence-electron chi connectivity index (χ0n) is 16.4. The Bertz CT molecular complexity index is 770. The van der Waals surface area contributed by atoms with Crippen LogP contribution >= 0.6 is 11.8 Å². The third kappa shape index (κ3) is 4.17. The molecule has 2 aliphatic heterocycles. The molecular formula is C18H26N5O4S+. The third-order valence-electron chi connectivity index (χ3n) is 5.15. The number of carbonyl (C=O) groups is 3. The Balaban J connectivity index is 1.85. The molecule has 3 rings (SSSR count). The van der Waals surface area contributed by atoms with Crippen molar-refractivity contribution in [3.63, 3.8) is 0 Å². The first-order valence-electron chi connectivity index (χ1n) is 9.41. The maximum atomic E-state index is 12.8. The molecule has 152 valence electrons. The van der Waals surface area contributed by atoms with Crippen molar-refractivity contribution < 1.29 is 23.7 Å². The van der Waals surface area contributed by atoms with Crippen LogP contribution in [0.1, 0.15) is 25.7 Å². The number of hydrogen-bond donors (Lipinski definition) is 1. The summed E-state index contributed by atoms with van der Waals surface area (Å²) in [6.07, 6.45) is 4.25. The monoisotopic (exact) mass is 408 g/mol. The van der Waals surface area contributed by atoms with Crippen LogP contribution in [0.25, 0.3) is 0 Å². The number of nitrogens with zero attached hydrogens (tertiary/aromatic N) is 4. The minimum Gasteiger partial charge on any atom is -0.383 e. The number of imide groups is 1. The predicted molar refractivity (Wildman–Crippen MR) is 107 cm³/mol. The normalized spacial score (nSPS) is 23.0. The number of ether oxygens (including phenoxy) is 1. The fourth-order valence-corrected chi connectivity index (χ4v) is 4.47. The van der Waals surface area contributed by atoms with Crippen LogP contribution in [0.4, 0.5) is 4.79 Å². The molecule has 0 radical (unpaired) electrons. The summed E-state index contributed by atoms with van der Waals surface area (Å²) in [5, 5.41) is 3.29. The van der Waals surface area contributed by atoms with Crippen LogP contribution in [0.3, 0.4) is 0 Å². The molecule has 1 saturated carbocycles. The highest BCUT2D eigenvalue weighted by Gasteiger charge is 2.49. The van der Waals surface area contributed by atoms with Crippen molar-refractivity contribution >= 4 is 46.3 Å². The summed E-state index contributed by atoms with van der Waals surface area (Å²) in [6, 6.07) is -0.408. The Labute approximate surface area is 168 Å². The second-order valence-electron chi connectivity index (χ2n) is 7.06. The van der Waals surface area contributed by atoms with E-state index in [1.165, 1.54) is 23.4 Å². The lowest BCUT2D eigenvalue weighted by Crippen LogP contribution is -2.55. The predicted octanol–water partition coefficient (Wildman–Crippen LogP) is 0.732. The molecule has 0 saturated heterocycles. The molecule has 0 aromatic carbocycles. The fourth-order valence-electron chi connectivity index (χ4n) is 3.56. The molecule has 1 unspecified atom stereocenters. The Morgan fingerprint density at radius 3 is 2.71 bits per heavy atom. The van der Waals surface area contributed by atoms with Gasteiger partial charge >= 0.3 is 11.9 Å². The first-order valence-corrected chi connectivity index (χ1v) is 10.4. The number of fused-ring (bicyclic) bond motifs is 1. The van der Waals surface area contributed by atoms with E-state index in [2.05, 4.69) is 15.3 Å². The second-order valence-corrected chi connectivity index (χ2v) is 8.06. The first-order chi connectivity index (χ1) is 13.4. The average molecular weight is 409 g/mol. The van der Waals surface area contributed by atoms with Gasteiger partial charge in [-0.2, -0.15) is 9.48 Å². The SMILES string of the molecule is COCCNC(=O)CSC1=NC(C2CCCC2)=NC2=[N+](C)C(=O)N(C)C(=O)C12. The van der Waals surface area contributed by atoms with Gasteiger partial charge in [-0.15, -0.1) is 0 Å². The first kappa shape index (κ1) is 20.7. The number of rotatable bonds is 6. The van der Waals surface area contributed by atoms with Crippen molar-refractivity contribution in [1.29, 1.82) is 0 Å². The molecule has 0 aromatic heterocycles. The smallest absolute Gasteiger partial charge is 0.383 e. The van der Waals surface area contributed by atoms with Crippen molar-refractivity contribution in [2.24, 2.45) is 21.8 Å². The number of amidine groups is 2. The van der Waals surface area contributed by atoms with Gasteiger partial charge in [-0.1, -0.05) is 29.6 Å². The number of urea groups is 1. The molecule has 1 aliphatic carbocycles. The van der Waals surface area contributed by atoms with Crippen LogP contribution in [-0.4, -0.2) is 84.1 Å². The van der Waals surface area contributed by atoms with Crippen molar-refractivity contribution in [3.05, 3.63) is 0 Å². The molecule has 0 aromatic rings. The highest BCUT2D eigenvalue weighted by atomic mass is 32.2. The van der Waals surface area contributed by atoms with Crippen LogP contribution in [0.5, 0.6) is 0 Å². The van der Waals surface area contributed by atoms with Crippen LogP contribution < -0.4 is 5.32 Å². The van der Waals surface area contributed by atoms with E-state index in [1.54, 1.807) is 14.2 Å². The summed E-state index contributed by atoms with van der Waals surface area (Å²) in [5.41, 5.74) is 0. The molecule has 1 fully saturated rings. The van der Waals surface area contributed by atoms with E-state index in [4.69, 9.17) is 4.74 Å². The van der Waals surface area contributed by atoms with Crippen LogP contribution in [0, 0.1) is 11.8 Å². The highest BCUT2D eigenvalue weighted by Crippen LogP contribution is 2.31. The topological polar surface area (TPSA) is 103 Å². The molecular weight excluding hydrogens is 382 g/mol. The quantitative estimate of drug-likeness (QED) is 0.516. The van der Waals surface area contributed by atoms with E-state index < -0.39 is 11.9 Å². The molecule has 1 atom stereocenters. The van der Waals surface area contributed by atoms with E-state index >= 15 is 0 Å². The van der Waals surface area contributed by atoms with E-state index in [0.717, 1.165) is 30.6 Å². The summed E-state index contributed by atoms with van der Waals surface area (Å²) in [5.74, 6) is 0.192. The number of hydrogen-bond acceptors (Lipinski definition) is 7. The van der Waals surface area contributed by atoms with Crippen LogP contribution in [0.15, 0.2) is 9.98 Å². The van der Waals surface area contributed by atoms with Crippen molar-refractivity contribution in [2.75, 3.05) is 40.1 Å². The fraction of sp³-hybridized carbons (Fsp3) is 0.667. The van der Waals surface area contributed by atoms with Crippen molar-refractivity contribution in [1.82, 2.24) is 10.2 Å². The number of aliphatic imine (C=N–C) groups is 2. The Morgan fingerprint density at radius 2 is 2.04 bits per heavy atom. The van der Waals surface area contributed by atoms with E-state index in [9.17, 15) is 14.4 Å². The van der Waals surface area contributed by atoms with Gasteiger partial charge in [0.05, 0.1) is 26.5 Å². The molecule has 0 bridgehead atoms. The second kappa shape index (κ2) is 8.95. The summed E-state index contributed by atoms with van der Waals surface area (Å²) in [7, 11) is 4.64. The molecule has 3 aliphatic rings. The van der Waals surface area contributed by atoms with Gasteiger partial charge < -0.3 is 10.1 Å². The molecule has 10 heteroatoms. The maximum absolute atomic E-state index is 12.8. The standard InChI is InChI=1S/C18H25N5O4S/c1-22-15-13(17(25)23(2)18(22)26)16(28-10-12(24)19-8-9-27-3)21-14(20-15)11-6-4-5-7-11/h11,13H,4-10H2,1-3H3/p+1. The van der Waals surface area contributed by atoms with Gasteiger partial charge in [0, 0.05) is 19.6 Å². The Morgan fingerprint density at radius 1 is 1.32 bits per heavy atom. The van der Waals surface area contributed by atoms with E-state index in [0.29, 0.717) is 29.9 Å². The minimum absolute atomic E-state index is 0.138. The molecule has 2 heterocycles. The van der Waals surface area contributed by atoms with E-state index in [-0.39, 0.29) is 23.5 Å². The number of nitrogens with one attached hydrogen (secondary N) is 1. The zero-order chi connectivity index (χ0) is 20.3. The molecule has 0 spiro atoms. The van der Waals surface area contributed by atoms with Crippen LogP contribution in [-0.2, 0) is 14.3 Å². The third-order valence-corrected chi connectivity index (χ3v) is 6.18. The van der Waals surface area contributed by atoms with Crippen molar-refractivity contribution in [3.8, 4) is 0 Å².